The van der Waals surface area contributed by atoms with Gasteiger partial charge in [-0.2, -0.15) is 0 Å². The molecular weight excluding hydrogens is 268 g/mol. The average molecular weight is 294 g/mol. The fourth-order valence-corrected chi connectivity index (χ4v) is 2.72. The van der Waals surface area contributed by atoms with Crippen LogP contribution in [0.4, 0.5) is 5.69 Å². The second-order valence-corrected chi connectivity index (χ2v) is 5.74. The number of benzene rings is 1. The molecule has 0 aromatic heterocycles. The molecule has 0 aliphatic carbocycles. The Morgan fingerprint density at radius 2 is 2.14 bits per heavy atom. The Bertz CT molecular complexity index is 420. The number of aliphatic hydroxyl groups is 1. The molecule has 0 saturated carbocycles. The summed E-state index contributed by atoms with van der Waals surface area (Å²) in [5, 5.41) is 10.1. The fraction of sp³-hybridized carbons (Fsp3) is 0.625. The summed E-state index contributed by atoms with van der Waals surface area (Å²) >= 11 is 0. The third-order valence-electron chi connectivity index (χ3n) is 3.88. The van der Waals surface area contributed by atoms with Crippen molar-refractivity contribution in [2.45, 2.75) is 18.9 Å². The first kappa shape index (κ1) is 16.1. The maximum absolute atomic E-state index is 10.1. The normalized spacial score (nSPS) is 18.6. The Kier molecular flexibility index (Phi) is 6.29. The van der Waals surface area contributed by atoms with Crippen LogP contribution in [0.25, 0.3) is 0 Å². The van der Waals surface area contributed by atoms with Crippen molar-refractivity contribution in [3.05, 3.63) is 24.3 Å². The van der Waals surface area contributed by atoms with E-state index in [2.05, 4.69) is 4.90 Å². The van der Waals surface area contributed by atoms with E-state index in [-0.39, 0.29) is 0 Å². The number of nitrogen functional groups attached to an aromatic ring is 1. The van der Waals surface area contributed by atoms with Crippen molar-refractivity contribution < 1.29 is 14.6 Å². The van der Waals surface area contributed by atoms with Crippen LogP contribution in [0.2, 0.25) is 0 Å². The number of methoxy groups -OCH3 is 1. The van der Waals surface area contributed by atoms with E-state index in [1.165, 1.54) is 0 Å². The molecule has 1 fully saturated rings. The first-order chi connectivity index (χ1) is 10.2. The summed E-state index contributed by atoms with van der Waals surface area (Å²) in [6.45, 7) is 3.82. The molecule has 5 heteroatoms. The molecule has 1 saturated heterocycles. The first-order valence-corrected chi connectivity index (χ1v) is 7.55. The molecule has 1 heterocycles. The number of hydrogen-bond acceptors (Lipinski definition) is 5. The molecule has 1 aromatic rings. The van der Waals surface area contributed by atoms with Gasteiger partial charge in [0.15, 0.2) is 0 Å². The summed E-state index contributed by atoms with van der Waals surface area (Å²) < 4.78 is 10.8. The molecule has 0 bridgehead atoms. The summed E-state index contributed by atoms with van der Waals surface area (Å²) in [6, 6.07) is 7.27. The summed E-state index contributed by atoms with van der Waals surface area (Å²) in [6.07, 6.45) is 1.79. The van der Waals surface area contributed by atoms with E-state index in [1.54, 1.807) is 13.2 Å². The smallest absolute Gasteiger partial charge is 0.121 e. The molecule has 0 radical (unpaired) electrons. The predicted molar refractivity (Wildman–Crippen MR) is 83.4 cm³/mol. The van der Waals surface area contributed by atoms with Crippen LogP contribution in [0.3, 0.4) is 0 Å². The number of likely N-dealkylation sites (tertiary alicyclic amines) is 1. The van der Waals surface area contributed by atoms with Crippen LogP contribution in [-0.4, -0.2) is 56.1 Å². The minimum Gasteiger partial charge on any atom is -0.491 e. The van der Waals surface area contributed by atoms with E-state index in [4.69, 9.17) is 15.2 Å². The van der Waals surface area contributed by atoms with E-state index in [0.29, 0.717) is 30.5 Å². The van der Waals surface area contributed by atoms with Crippen molar-refractivity contribution in [2.75, 3.05) is 45.7 Å². The minimum atomic E-state index is -0.481. The number of rotatable bonds is 7. The van der Waals surface area contributed by atoms with Crippen LogP contribution in [0.1, 0.15) is 12.8 Å². The third kappa shape index (κ3) is 5.53. The van der Waals surface area contributed by atoms with E-state index in [1.807, 2.05) is 18.2 Å². The lowest BCUT2D eigenvalue weighted by molar-refractivity contribution is 0.0440. The summed E-state index contributed by atoms with van der Waals surface area (Å²) in [4.78, 5) is 2.29. The topological polar surface area (TPSA) is 68.0 Å². The minimum absolute atomic E-state index is 0.293. The SMILES string of the molecule is COCC1CCN(CC(O)COc2cccc(N)c2)CC1. The lowest BCUT2D eigenvalue weighted by atomic mass is 9.97. The van der Waals surface area contributed by atoms with Crippen molar-refractivity contribution in [3.8, 4) is 5.75 Å². The number of aliphatic hydroxyl groups excluding tert-OH is 1. The molecule has 1 aliphatic heterocycles. The van der Waals surface area contributed by atoms with E-state index in [0.717, 1.165) is 32.5 Å². The Morgan fingerprint density at radius 3 is 2.81 bits per heavy atom. The second-order valence-electron chi connectivity index (χ2n) is 5.74. The van der Waals surface area contributed by atoms with Crippen LogP contribution in [0.5, 0.6) is 5.75 Å². The molecule has 1 aliphatic rings. The van der Waals surface area contributed by atoms with E-state index in [9.17, 15) is 5.11 Å². The van der Waals surface area contributed by atoms with Crippen LogP contribution < -0.4 is 10.5 Å². The molecule has 21 heavy (non-hydrogen) atoms. The Balaban J connectivity index is 1.67. The van der Waals surface area contributed by atoms with E-state index >= 15 is 0 Å². The first-order valence-electron chi connectivity index (χ1n) is 7.55. The predicted octanol–water partition coefficient (Wildman–Crippen LogP) is 1.37. The average Bonchev–Trinajstić information content (AvgIpc) is 2.48. The Hall–Kier alpha value is -1.30. The zero-order chi connectivity index (χ0) is 15.1. The van der Waals surface area contributed by atoms with Gasteiger partial charge in [-0.15, -0.1) is 0 Å². The Labute approximate surface area is 126 Å². The van der Waals surface area contributed by atoms with Crippen molar-refractivity contribution in [3.63, 3.8) is 0 Å². The number of anilines is 1. The van der Waals surface area contributed by atoms with Gasteiger partial charge >= 0.3 is 0 Å². The summed E-state index contributed by atoms with van der Waals surface area (Å²) in [5.41, 5.74) is 6.36. The van der Waals surface area contributed by atoms with Crippen molar-refractivity contribution in [1.82, 2.24) is 4.90 Å². The second kappa shape index (κ2) is 8.22. The zero-order valence-corrected chi connectivity index (χ0v) is 12.7. The van der Waals surface area contributed by atoms with Crippen LogP contribution in [0.15, 0.2) is 24.3 Å². The molecule has 118 valence electrons. The highest BCUT2D eigenvalue weighted by molar-refractivity contribution is 5.43. The summed E-state index contributed by atoms with van der Waals surface area (Å²) in [5.74, 6) is 1.36. The number of nitrogens with zero attached hydrogens (tertiary/aromatic N) is 1. The zero-order valence-electron chi connectivity index (χ0n) is 12.7. The number of ether oxygens (including phenoxy) is 2. The molecular formula is C16H26N2O3. The number of piperidine rings is 1. The van der Waals surface area contributed by atoms with Crippen molar-refractivity contribution in [1.29, 1.82) is 0 Å². The monoisotopic (exact) mass is 294 g/mol. The Morgan fingerprint density at radius 1 is 1.38 bits per heavy atom. The van der Waals surface area contributed by atoms with Gasteiger partial charge in [0.05, 0.1) is 0 Å². The van der Waals surface area contributed by atoms with Gasteiger partial charge in [0.2, 0.25) is 0 Å². The molecule has 1 atom stereocenters. The van der Waals surface area contributed by atoms with Crippen molar-refractivity contribution >= 4 is 5.69 Å². The highest BCUT2D eigenvalue weighted by Gasteiger charge is 2.21. The van der Waals surface area contributed by atoms with Gasteiger partial charge in [-0.25, -0.2) is 0 Å². The van der Waals surface area contributed by atoms with Gasteiger partial charge in [0.1, 0.15) is 18.5 Å². The van der Waals surface area contributed by atoms with Crippen molar-refractivity contribution in [2.24, 2.45) is 5.92 Å². The van der Waals surface area contributed by atoms with Crippen LogP contribution in [-0.2, 0) is 4.74 Å². The third-order valence-corrected chi connectivity index (χ3v) is 3.88. The highest BCUT2D eigenvalue weighted by Crippen LogP contribution is 2.18. The van der Waals surface area contributed by atoms with Crippen LogP contribution in [0, 0.1) is 5.92 Å². The van der Waals surface area contributed by atoms with Gasteiger partial charge in [-0.05, 0) is 44.0 Å². The summed E-state index contributed by atoms with van der Waals surface area (Å²) in [7, 11) is 1.75. The van der Waals surface area contributed by atoms with E-state index < -0.39 is 6.10 Å². The lowest BCUT2D eigenvalue weighted by Gasteiger charge is -2.32. The number of β-amino-alcohol motifs (C(OH)–C–C–N with tert-alkyl or cyclic N) is 1. The maximum atomic E-state index is 10.1. The molecule has 0 spiro atoms. The molecule has 1 aromatic carbocycles. The largest absolute Gasteiger partial charge is 0.491 e. The van der Waals surface area contributed by atoms with Gasteiger partial charge in [0, 0.05) is 32.0 Å². The van der Waals surface area contributed by atoms with Gasteiger partial charge in [-0.1, -0.05) is 6.07 Å². The van der Waals surface area contributed by atoms with Gasteiger partial charge < -0.3 is 25.2 Å². The molecule has 1 unspecified atom stereocenters. The standard InChI is InChI=1S/C16H26N2O3/c1-20-11-13-5-7-18(8-6-13)10-15(19)12-21-16-4-2-3-14(17)9-16/h2-4,9,13,15,19H,5-8,10-12,17H2,1H3. The molecule has 5 nitrogen and oxygen atoms in total. The van der Waals surface area contributed by atoms with Gasteiger partial charge in [0.25, 0.3) is 0 Å². The maximum Gasteiger partial charge on any atom is 0.121 e. The highest BCUT2D eigenvalue weighted by atomic mass is 16.5. The number of hydrogen-bond donors (Lipinski definition) is 2. The quantitative estimate of drug-likeness (QED) is 0.743. The molecule has 3 N–H and O–H groups in total. The molecule has 0 amide bonds. The van der Waals surface area contributed by atoms with Gasteiger partial charge in [-0.3, -0.25) is 0 Å². The molecule has 2 rings (SSSR count). The number of nitrogens with two attached hydrogens (primary N) is 1. The lowest BCUT2D eigenvalue weighted by Crippen LogP contribution is -2.41. The van der Waals surface area contributed by atoms with Crippen LogP contribution >= 0.6 is 0 Å². The fourth-order valence-electron chi connectivity index (χ4n) is 2.72.